The lowest BCUT2D eigenvalue weighted by atomic mass is 9.88. The second kappa shape index (κ2) is 8.75. The number of amides is 1. The molecule has 0 spiro atoms. The van der Waals surface area contributed by atoms with Crippen molar-refractivity contribution in [3.05, 3.63) is 96.0 Å². The molecule has 1 amide bonds. The van der Waals surface area contributed by atoms with Gasteiger partial charge in [0.2, 0.25) is 5.91 Å². The van der Waals surface area contributed by atoms with E-state index in [0.29, 0.717) is 6.54 Å². The van der Waals surface area contributed by atoms with Crippen LogP contribution in [0.5, 0.6) is 11.5 Å². The number of aromatic amines is 1. The van der Waals surface area contributed by atoms with E-state index in [0.717, 1.165) is 53.4 Å². The number of aromatic nitrogens is 2. The Morgan fingerprint density at radius 2 is 1.91 bits per heavy atom. The van der Waals surface area contributed by atoms with Crippen LogP contribution in [-0.4, -0.2) is 34.1 Å². The fraction of sp³-hybridized carbons (Fsp3) is 0.231. The van der Waals surface area contributed by atoms with Gasteiger partial charge in [0.25, 0.3) is 0 Å². The SMILES string of the molecule is C=CC(=O)N1CCCC(C2=Cc3cn[nH]c3C(c3ccc(Oc4ccccc4)cc3)N2)C1. The van der Waals surface area contributed by atoms with Crippen LogP contribution in [0.3, 0.4) is 0 Å². The molecule has 1 aromatic heterocycles. The van der Waals surface area contributed by atoms with Crippen LogP contribution in [0.4, 0.5) is 0 Å². The molecular weight excluding hydrogens is 400 g/mol. The highest BCUT2D eigenvalue weighted by molar-refractivity contribution is 5.87. The van der Waals surface area contributed by atoms with Crippen LogP contribution in [0.1, 0.15) is 35.7 Å². The molecule has 2 atom stereocenters. The second-order valence-corrected chi connectivity index (χ2v) is 8.23. The number of carbonyl (C=O) groups excluding carboxylic acids is 1. The predicted octanol–water partition coefficient (Wildman–Crippen LogP) is 4.66. The van der Waals surface area contributed by atoms with E-state index in [4.69, 9.17) is 4.74 Å². The zero-order valence-electron chi connectivity index (χ0n) is 17.8. The molecule has 0 aliphatic carbocycles. The molecular formula is C26H26N4O2. The van der Waals surface area contributed by atoms with Crippen LogP contribution in [0.15, 0.2) is 79.1 Å². The van der Waals surface area contributed by atoms with Crippen LogP contribution < -0.4 is 10.1 Å². The van der Waals surface area contributed by atoms with Gasteiger partial charge in [-0.3, -0.25) is 9.89 Å². The smallest absolute Gasteiger partial charge is 0.245 e. The molecule has 2 N–H and O–H groups in total. The summed E-state index contributed by atoms with van der Waals surface area (Å²) in [5.41, 5.74) is 4.40. The summed E-state index contributed by atoms with van der Waals surface area (Å²) in [6.07, 6.45) is 7.46. The van der Waals surface area contributed by atoms with Crippen molar-refractivity contribution in [1.82, 2.24) is 20.4 Å². The lowest BCUT2D eigenvalue weighted by Crippen LogP contribution is -2.42. The first-order valence-corrected chi connectivity index (χ1v) is 11.0. The van der Waals surface area contributed by atoms with Crippen molar-refractivity contribution < 1.29 is 9.53 Å². The minimum absolute atomic E-state index is 0.000615. The Morgan fingerprint density at radius 1 is 1.12 bits per heavy atom. The number of carbonyl (C=O) groups is 1. The first kappa shape index (κ1) is 20.1. The van der Waals surface area contributed by atoms with Crippen molar-refractivity contribution in [2.75, 3.05) is 13.1 Å². The van der Waals surface area contributed by atoms with Gasteiger partial charge in [0.15, 0.2) is 0 Å². The van der Waals surface area contributed by atoms with Crippen LogP contribution in [-0.2, 0) is 4.79 Å². The molecule has 3 heterocycles. The number of para-hydroxylation sites is 1. The number of rotatable bonds is 5. The Hall–Kier alpha value is -3.80. The zero-order valence-corrected chi connectivity index (χ0v) is 17.8. The molecule has 0 bridgehead atoms. The molecule has 0 saturated carbocycles. The van der Waals surface area contributed by atoms with Gasteiger partial charge in [-0.05, 0) is 54.8 Å². The Bertz CT molecular complexity index is 1130. The van der Waals surface area contributed by atoms with Crippen LogP contribution in [0.2, 0.25) is 0 Å². The maximum Gasteiger partial charge on any atom is 0.245 e. The number of benzene rings is 2. The van der Waals surface area contributed by atoms with Gasteiger partial charge in [0.1, 0.15) is 11.5 Å². The average Bonchev–Trinajstić information content (AvgIpc) is 3.33. The molecule has 3 aromatic rings. The molecule has 2 aliphatic heterocycles. The van der Waals surface area contributed by atoms with Gasteiger partial charge in [-0.25, -0.2) is 0 Å². The summed E-state index contributed by atoms with van der Waals surface area (Å²) in [4.78, 5) is 14.0. The maximum atomic E-state index is 12.1. The third-order valence-electron chi connectivity index (χ3n) is 6.15. The largest absolute Gasteiger partial charge is 0.457 e. The number of likely N-dealkylation sites (tertiary alicyclic amines) is 1. The first-order chi connectivity index (χ1) is 15.7. The first-order valence-electron chi connectivity index (χ1n) is 11.0. The molecule has 6 heteroatoms. The van der Waals surface area contributed by atoms with E-state index in [1.807, 2.05) is 53.6 Å². The highest BCUT2D eigenvalue weighted by Gasteiger charge is 2.31. The average molecular weight is 427 g/mol. The van der Waals surface area contributed by atoms with Gasteiger partial charge < -0.3 is 15.0 Å². The zero-order chi connectivity index (χ0) is 21.9. The lowest BCUT2D eigenvalue weighted by Gasteiger charge is -2.36. The summed E-state index contributed by atoms with van der Waals surface area (Å²) in [6.45, 7) is 5.13. The van der Waals surface area contributed by atoms with E-state index in [1.165, 1.54) is 6.08 Å². The quantitative estimate of drug-likeness (QED) is 0.582. The van der Waals surface area contributed by atoms with E-state index in [-0.39, 0.29) is 17.9 Å². The summed E-state index contributed by atoms with van der Waals surface area (Å²) in [5.74, 6) is 1.87. The molecule has 1 saturated heterocycles. The number of hydrogen-bond donors (Lipinski definition) is 2. The normalized spacial score (nSPS) is 20.0. The number of nitrogens with zero attached hydrogens (tertiary/aromatic N) is 2. The molecule has 6 nitrogen and oxygen atoms in total. The van der Waals surface area contributed by atoms with Crippen LogP contribution >= 0.6 is 0 Å². The molecule has 32 heavy (non-hydrogen) atoms. The van der Waals surface area contributed by atoms with Crippen molar-refractivity contribution in [2.24, 2.45) is 5.92 Å². The van der Waals surface area contributed by atoms with Crippen molar-refractivity contribution in [3.63, 3.8) is 0 Å². The molecule has 2 unspecified atom stereocenters. The van der Waals surface area contributed by atoms with Crippen molar-refractivity contribution in [1.29, 1.82) is 0 Å². The molecule has 0 radical (unpaired) electrons. The van der Waals surface area contributed by atoms with Gasteiger partial charge in [-0.15, -0.1) is 0 Å². The summed E-state index contributed by atoms with van der Waals surface area (Å²) in [7, 11) is 0. The highest BCUT2D eigenvalue weighted by atomic mass is 16.5. The summed E-state index contributed by atoms with van der Waals surface area (Å²) in [5, 5.41) is 11.1. The highest BCUT2D eigenvalue weighted by Crippen LogP contribution is 2.35. The minimum atomic E-state index is -0.0382. The van der Waals surface area contributed by atoms with E-state index in [9.17, 15) is 4.79 Å². The Labute approximate surface area is 187 Å². The number of ether oxygens (including phenoxy) is 1. The lowest BCUT2D eigenvalue weighted by molar-refractivity contribution is -0.127. The number of nitrogens with one attached hydrogen (secondary N) is 2. The van der Waals surface area contributed by atoms with Gasteiger partial charge in [0.05, 0.1) is 17.9 Å². The van der Waals surface area contributed by atoms with Crippen LogP contribution in [0, 0.1) is 5.92 Å². The van der Waals surface area contributed by atoms with Gasteiger partial charge in [-0.1, -0.05) is 36.9 Å². The van der Waals surface area contributed by atoms with Gasteiger partial charge in [-0.2, -0.15) is 5.10 Å². The minimum Gasteiger partial charge on any atom is -0.457 e. The second-order valence-electron chi connectivity index (χ2n) is 8.23. The fourth-order valence-electron chi connectivity index (χ4n) is 4.50. The van der Waals surface area contributed by atoms with Crippen molar-refractivity contribution in [2.45, 2.75) is 18.9 Å². The standard InChI is InChI=1S/C26H26N4O2/c1-2-24(31)30-14-6-7-19(17-30)23-15-20-16-27-29-26(20)25(28-23)18-10-12-22(13-11-18)32-21-8-4-3-5-9-21/h2-5,8-13,15-16,19,25,28H,1,6-7,14,17H2,(H,27,29). The van der Waals surface area contributed by atoms with E-state index in [2.05, 4.69) is 40.3 Å². The third-order valence-corrected chi connectivity index (χ3v) is 6.15. The van der Waals surface area contributed by atoms with Crippen molar-refractivity contribution in [3.8, 4) is 11.5 Å². The number of piperidine rings is 1. The Balaban J connectivity index is 1.37. The number of fused-ring (bicyclic) bond motifs is 1. The fourth-order valence-corrected chi connectivity index (χ4v) is 4.50. The predicted molar refractivity (Wildman–Crippen MR) is 124 cm³/mol. The van der Waals surface area contributed by atoms with Gasteiger partial charge in [0, 0.05) is 30.3 Å². The maximum absolute atomic E-state index is 12.1. The summed E-state index contributed by atoms with van der Waals surface area (Å²) >= 11 is 0. The number of H-pyrrole nitrogens is 1. The third kappa shape index (κ3) is 4.04. The molecule has 5 rings (SSSR count). The van der Waals surface area contributed by atoms with Crippen molar-refractivity contribution >= 4 is 12.0 Å². The summed E-state index contributed by atoms with van der Waals surface area (Å²) < 4.78 is 5.94. The topological polar surface area (TPSA) is 70.2 Å². The van der Waals surface area contributed by atoms with Gasteiger partial charge >= 0.3 is 0 Å². The van der Waals surface area contributed by atoms with E-state index >= 15 is 0 Å². The van der Waals surface area contributed by atoms with E-state index in [1.54, 1.807) is 0 Å². The summed E-state index contributed by atoms with van der Waals surface area (Å²) in [6, 6.07) is 17.9. The monoisotopic (exact) mass is 426 g/mol. The molecule has 1 fully saturated rings. The molecule has 2 aromatic carbocycles. The van der Waals surface area contributed by atoms with Crippen LogP contribution in [0.25, 0.3) is 6.08 Å². The molecule has 162 valence electrons. The Morgan fingerprint density at radius 3 is 2.69 bits per heavy atom. The van der Waals surface area contributed by atoms with E-state index < -0.39 is 0 Å². The Kier molecular flexibility index (Phi) is 5.50. The molecule has 2 aliphatic rings. The number of hydrogen-bond acceptors (Lipinski definition) is 4.